The Kier molecular flexibility index (Phi) is 7.03. The molecule has 0 unspecified atom stereocenters. The Morgan fingerprint density at radius 2 is 0.935 bits per heavy atom. The third-order valence-electron chi connectivity index (χ3n) is 6.38. The first-order chi connectivity index (χ1) is 13.9. The third kappa shape index (κ3) is 6.10. The van der Waals surface area contributed by atoms with E-state index in [0.717, 1.165) is 0 Å². The lowest BCUT2D eigenvalue weighted by Crippen LogP contribution is -2.43. The van der Waals surface area contributed by atoms with Gasteiger partial charge in [0.05, 0.1) is 0 Å². The molecule has 0 aliphatic heterocycles. The molecule has 0 saturated heterocycles. The van der Waals surface area contributed by atoms with E-state index in [4.69, 9.17) is 13.6 Å². The lowest BCUT2D eigenvalue weighted by molar-refractivity contribution is 0.405. The minimum Gasteiger partial charge on any atom is -0.543 e. The van der Waals surface area contributed by atoms with E-state index in [1.54, 1.807) is 12.1 Å². The van der Waals surface area contributed by atoms with Crippen LogP contribution in [0.3, 0.4) is 0 Å². The minimum absolute atomic E-state index is 0.00999. The number of rotatable bonds is 6. The van der Waals surface area contributed by atoms with Crippen molar-refractivity contribution in [2.75, 3.05) is 0 Å². The molecule has 0 fully saturated rings. The van der Waals surface area contributed by atoms with Crippen LogP contribution in [0.15, 0.2) is 36.4 Å². The number of halogens is 2. The zero-order chi connectivity index (χ0) is 23.8. The predicted molar refractivity (Wildman–Crippen MR) is 129 cm³/mol. The van der Waals surface area contributed by atoms with Crippen LogP contribution >= 0.6 is 0 Å². The number of hydrogen-bond acceptors (Lipinski definition) is 3. The van der Waals surface area contributed by atoms with Gasteiger partial charge < -0.3 is 13.6 Å². The molecule has 0 aliphatic rings. The first kappa shape index (κ1) is 25.4. The zero-order valence-corrected chi connectivity index (χ0v) is 22.4. The molecule has 2 rings (SSSR count). The van der Waals surface area contributed by atoms with Gasteiger partial charge in [0.2, 0.25) is 16.6 Å². The molecular formula is C24H36F2O3Si2. The van der Waals surface area contributed by atoms with Crippen molar-refractivity contribution in [1.29, 1.82) is 0 Å². The van der Waals surface area contributed by atoms with Gasteiger partial charge in [-0.1, -0.05) is 41.5 Å². The van der Waals surface area contributed by atoms with Gasteiger partial charge in [-0.25, -0.2) is 8.78 Å². The molecule has 0 heterocycles. The molecule has 2 aromatic rings. The van der Waals surface area contributed by atoms with Crippen LogP contribution in [0.5, 0.6) is 23.0 Å². The average Bonchev–Trinajstić information content (AvgIpc) is 2.58. The van der Waals surface area contributed by atoms with Crippen LogP contribution in [-0.4, -0.2) is 16.6 Å². The summed E-state index contributed by atoms with van der Waals surface area (Å²) >= 11 is 0. The largest absolute Gasteiger partial charge is 0.543 e. The van der Waals surface area contributed by atoms with Crippen molar-refractivity contribution in [3.8, 4) is 23.0 Å². The molecule has 2 aromatic carbocycles. The average molecular weight is 467 g/mol. The second-order valence-corrected chi connectivity index (χ2v) is 20.5. The molecule has 0 amide bonds. The Balaban J connectivity index is 2.32. The second kappa shape index (κ2) is 8.58. The second-order valence-electron chi connectivity index (χ2n) is 11.0. The molecule has 7 heteroatoms. The minimum atomic E-state index is -2.11. The van der Waals surface area contributed by atoms with Gasteiger partial charge in [-0.15, -0.1) is 0 Å². The van der Waals surface area contributed by atoms with E-state index >= 15 is 0 Å². The molecular weight excluding hydrogens is 430 g/mol. The maximum absolute atomic E-state index is 14.5. The van der Waals surface area contributed by atoms with Crippen molar-refractivity contribution in [2.45, 2.75) is 77.8 Å². The molecule has 0 atom stereocenters. The van der Waals surface area contributed by atoms with Gasteiger partial charge >= 0.3 is 0 Å². The number of hydrogen-bond donors (Lipinski definition) is 0. The van der Waals surface area contributed by atoms with E-state index in [0.29, 0.717) is 11.5 Å². The Morgan fingerprint density at radius 3 is 1.23 bits per heavy atom. The quantitative estimate of drug-likeness (QED) is 0.399. The Bertz CT molecular complexity index is 854. The topological polar surface area (TPSA) is 27.7 Å². The van der Waals surface area contributed by atoms with Crippen LogP contribution in [0, 0.1) is 11.6 Å². The molecule has 31 heavy (non-hydrogen) atoms. The van der Waals surface area contributed by atoms with Gasteiger partial charge in [0.1, 0.15) is 11.5 Å². The fraction of sp³-hybridized carbons (Fsp3) is 0.500. The molecule has 0 saturated carbocycles. The van der Waals surface area contributed by atoms with Crippen molar-refractivity contribution in [2.24, 2.45) is 0 Å². The normalized spacial score (nSPS) is 13.2. The molecule has 0 aliphatic carbocycles. The Hall–Kier alpha value is -1.87. The molecule has 0 spiro atoms. The van der Waals surface area contributed by atoms with Crippen LogP contribution in [0.25, 0.3) is 0 Å². The van der Waals surface area contributed by atoms with Crippen molar-refractivity contribution in [1.82, 2.24) is 0 Å². The van der Waals surface area contributed by atoms with Gasteiger partial charge in [-0.05, 0) is 60.5 Å². The number of ether oxygens (including phenoxy) is 1. The van der Waals surface area contributed by atoms with Gasteiger partial charge in [0.25, 0.3) is 0 Å². The van der Waals surface area contributed by atoms with E-state index in [9.17, 15) is 8.78 Å². The highest BCUT2D eigenvalue weighted by Gasteiger charge is 2.40. The maximum Gasteiger partial charge on any atom is 0.250 e. The smallest absolute Gasteiger partial charge is 0.250 e. The van der Waals surface area contributed by atoms with E-state index < -0.39 is 28.3 Å². The summed E-state index contributed by atoms with van der Waals surface area (Å²) < 4.78 is 47.0. The van der Waals surface area contributed by atoms with E-state index in [1.807, 2.05) is 0 Å². The summed E-state index contributed by atoms with van der Waals surface area (Å²) in [6.07, 6.45) is 0. The Labute approximate surface area is 188 Å². The van der Waals surface area contributed by atoms with Crippen LogP contribution < -0.4 is 13.6 Å². The monoisotopic (exact) mass is 466 g/mol. The van der Waals surface area contributed by atoms with Crippen LogP contribution in [-0.2, 0) is 0 Å². The van der Waals surface area contributed by atoms with Crippen LogP contribution in [0.4, 0.5) is 8.78 Å². The summed E-state index contributed by atoms with van der Waals surface area (Å²) in [5, 5.41) is -0.0200. The van der Waals surface area contributed by atoms with Crippen LogP contribution in [0.2, 0.25) is 36.3 Å². The van der Waals surface area contributed by atoms with E-state index in [1.165, 1.54) is 24.3 Å². The molecule has 3 nitrogen and oxygen atoms in total. The first-order valence-corrected chi connectivity index (χ1v) is 16.4. The highest BCUT2D eigenvalue weighted by molar-refractivity contribution is 6.75. The highest BCUT2D eigenvalue weighted by Crippen LogP contribution is 2.40. The summed E-state index contributed by atoms with van der Waals surface area (Å²) in [6, 6.07) is 8.69. The summed E-state index contributed by atoms with van der Waals surface area (Å²) in [5.74, 6) is -0.316. The molecule has 0 aromatic heterocycles. The van der Waals surface area contributed by atoms with Gasteiger partial charge in [-0.3, -0.25) is 0 Å². The van der Waals surface area contributed by atoms with Gasteiger partial charge in [-0.2, -0.15) is 0 Å². The van der Waals surface area contributed by atoms with Gasteiger partial charge in [0, 0.05) is 12.1 Å². The SMILES string of the molecule is CC(C)(C)[Si](C)(C)Oc1ccc(F)c(Oc2cc(O[Si](C)(C)C(C)(C)C)ccc2F)c1. The predicted octanol–water partition coefficient (Wildman–Crippen LogP) is 8.53. The summed E-state index contributed by atoms with van der Waals surface area (Å²) in [6.45, 7) is 21.2. The van der Waals surface area contributed by atoms with E-state index in [2.05, 4.69) is 67.7 Å². The molecule has 0 bridgehead atoms. The van der Waals surface area contributed by atoms with Gasteiger partial charge in [0.15, 0.2) is 23.1 Å². The van der Waals surface area contributed by atoms with Crippen molar-refractivity contribution in [3.05, 3.63) is 48.0 Å². The van der Waals surface area contributed by atoms with E-state index in [-0.39, 0.29) is 21.6 Å². The fourth-order valence-corrected chi connectivity index (χ4v) is 4.31. The van der Waals surface area contributed by atoms with Crippen molar-refractivity contribution in [3.63, 3.8) is 0 Å². The molecule has 0 N–H and O–H groups in total. The van der Waals surface area contributed by atoms with Crippen molar-refractivity contribution >= 4 is 16.6 Å². The van der Waals surface area contributed by atoms with Crippen LogP contribution in [0.1, 0.15) is 41.5 Å². The summed E-state index contributed by atoms with van der Waals surface area (Å²) in [4.78, 5) is 0. The molecule has 172 valence electrons. The fourth-order valence-electron chi connectivity index (χ4n) is 2.26. The lowest BCUT2D eigenvalue weighted by atomic mass is 10.2. The lowest BCUT2D eigenvalue weighted by Gasteiger charge is -2.36. The summed E-state index contributed by atoms with van der Waals surface area (Å²) in [5.41, 5.74) is 0. The zero-order valence-electron chi connectivity index (χ0n) is 20.4. The maximum atomic E-state index is 14.5. The summed E-state index contributed by atoms with van der Waals surface area (Å²) in [7, 11) is -4.22. The standard InChI is InChI=1S/C24H36F2O3Si2/c1-23(2,3)30(7,8)28-17-11-13-19(25)21(15-17)27-22-16-18(12-14-20(22)26)29-31(9,10)24(4,5)6/h11-16H,1-10H3. The third-order valence-corrected chi connectivity index (χ3v) is 15.1. The first-order valence-electron chi connectivity index (χ1n) is 10.6. The molecule has 0 radical (unpaired) electrons. The number of benzene rings is 2. The van der Waals surface area contributed by atoms with Crippen molar-refractivity contribution < 1.29 is 22.4 Å². The Morgan fingerprint density at radius 1 is 0.613 bits per heavy atom. The highest BCUT2D eigenvalue weighted by atomic mass is 28.4.